The predicted molar refractivity (Wildman–Crippen MR) is 99.0 cm³/mol. The van der Waals surface area contributed by atoms with E-state index >= 15 is 0 Å². The van der Waals surface area contributed by atoms with E-state index in [2.05, 4.69) is 15.6 Å². The van der Waals surface area contributed by atoms with Crippen molar-refractivity contribution >= 4 is 40.0 Å². The van der Waals surface area contributed by atoms with Crippen LogP contribution in [0.4, 0.5) is 15.6 Å². The Hall–Kier alpha value is -2.94. The Morgan fingerprint density at radius 2 is 1.81 bits per heavy atom. The van der Waals surface area contributed by atoms with Crippen LogP contribution < -0.4 is 16.4 Å². The number of rotatable bonds is 4. The van der Waals surface area contributed by atoms with Crippen molar-refractivity contribution in [3.63, 3.8) is 0 Å². The van der Waals surface area contributed by atoms with E-state index in [4.69, 9.17) is 5.73 Å². The van der Waals surface area contributed by atoms with Gasteiger partial charge in [-0.25, -0.2) is 9.78 Å². The lowest BCUT2D eigenvalue weighted by Crippen LogP contribution is -2.41. The monoisotopic (exact) mass is 373 g/mol. The Morgan fingerprint density at radius 1 is 1.12 bits per heavy atom. The summed E-state index contributed by atoms with van der Waals surface area (Å²) < 4.78 is 0. The largest absolute Gasteiger partial charge is 0.369 e. The molecule has 26 heavy (non-hydrogen) atoms. The van der Waals surface area contributed by atoms with E-state index < -0.39 is 6.03 Å². The van der Waals surface area contributed by atoms with Crippen LogP contribution in [-0.4, -0.2) is 40.8 Å². The van der Waals surface area contributed by atoms with E-state index in [1.165, 1.54) is 11.3 Å². The standard InChI is InChI=1S/C17H19N5O3S/c18-14(23)11-6-8-22(9-7-11)15(24)13-10-26-17(20-13)21-16(25)19-12-4-2-1-3-5-12/h1-5,10-11H,6-9H2,(H2,18,23)(H2,19,20,21,25). The van der Waals surface area contributed by atoms with Crippen molar-refractivity contribution in [3.05, 3.63) is 41.4 Å². The average Bonchev–Trinajstić information content (AvgIpc) is 3.10. The number of urea groups is 1. The number of piperidine rings is 1. The van der Waals surface area contributed by atoms with E-state index in [-0.39, 0.29) is 23.4 Å². The van der Waals surface area contributed by atoms with Gasteiger partial charge in [-0.15, -0.1) is 11.3 Å². The van der Waals surface area contributed by atoms with Gasteiger partial charge in [-0.1, -0.05) is 18.2 Å². The van der Waals surface area contributed by atoms with Gasteiger partial charge in [0.1, 0.15) is 5.69 Å². The molecule has 4 N–H and O–H groups in total. The number of thiazole rings is 1. The third kappa shape index (κ3) is 4.37. The fourth-order valence-electron chi connectivity index (χ4n) is 2.74. The van der Waals surface area contributed by atoms with Gasteiger partial charge in [0, 0.05) is 30.1 Å². The summed E-state index contributed by atoms with van der Waals surface area (Å²) in [6.07, 6.45) is 1.13. The van der Waals surface area contributed by atoms with Crippen LogP contribution in [-0.2, 0) is 4.79 Å². The summed E-state index contributed by atoms with van der Waals surface area (Å²) in [6.45, 7) is 0.947. The van der Waals surface area contributed by atoms with Crippen molar-refractivity contribution in [3.8, 4) is 0 Å². The van der Waals surface area contributed by atoms with Gasteiger partial charge in [0.15, 0.2) is 5.13 Å². The van der Waals surface area contributed by atoms with Crippen LogP contribution in [0.15, 0.2) is 35.7 Å². The highest BCUT2D eigenvalue weighted by molar-refractivity contribution is 7.14. The van der Waals surface area contributed by atoms with Gasteiger partial charge in [-0.05, 0) is 25.0 Å². The first-order chi connectivity index (χ1) is 12.5. The summed E-state index contributed by atoms with van der Waals surface area (Å²) in [6, 6.07) is 8.60. The molecule has 1 aromatic carbocycles. The van der Waals surface area contributed by atoms with Crippen LogP contribution in [0.25, 0.3) is 0 Å². The molecule has 1 aromatic heterocycles. The smallest absolute Gasteiger partial charge is 0.325 e. The first kappa shape index (κ1) is 17.9. The van der Waals surface area contributed by atoms with Crippen LogP contribution in [0.2, 0.25) is 0 Å². The number of hydrogen-bond acceptors (Lipinski definition) is 5. The van der Waals surface area contributed by atoms with Gasteiger partial charge < -0.3 is 16.0 Å². The van der Waals surface area contributed by atoms with Gasteiger partial charge in [0.2, 0.25) is 5.91 Å². The molecule has 4 amide bonds. The van der Waals surface area contributed by atoms with Gasteiger partial charge in [-0.2, -0.15) is 0 Å². The van der Waals surface area contributed by atoms with Crippen molar-refractivity contribution in [2.75, 3.05) is 23.7 Å². The van der Waals surface area contributed by atoms with E-state index in [1.807, 2.05) is 18.2 Å². The number of para-hydroxylation sites is 1. The van der Waals surface area contributed by atoms with Crippen LogP contribution in [0.1, 0.15) is 23.3 Å². The maximum Gasteiger partial charge on any atom is 0.325 e. The Morgan fingerprint density at radius 3 is 2.46 bits per heavy atom. The number of benzene rings is 1. The second kappa shape index (κ2) is 7.96. The summed E-state index contributed by atoms with van der Waals surface area (Å²) in [4.78, 5) is 41.5. The third-order valence-corrected chi connectivity index (χ3v) is 4.92. The number of likely N-dealkylation sites (tertiary alicyclic amines) is 1. The fraction of sp³-hybridized carbons (Fsp3) is 0.294. The van der Waals surface area contributed by atoms with E-state index in [0.29, 0.717) is 36.8 Å². The summed E-state index contributed by atoms with van der Waals surface area (Å²) in [5.41, 5.74) is 6.25. The summed E-state index contributed by atoms with van der Waals surface area (Å²) in [5, 5.41) is 7.25. The highest BCUT2D eigenvalue weighted by atomic mass is 32.1. The van der Waals surface area contributed by atoms with Crippen LogP contribution in [0.5, 0.6) is 0 Å². The molecule has 2 heterocycles. The zero-order chi connectivity index (χ0) is 18.5. The Kier molecular flexibility index (Phi) is 5.47. The molecule has 0 saturated carbocycles. The number of aromatic nitrogens is 1. The quantitative estimate of drug-likeness (QED) is 0.761. The minimum atomic E-state index is -0.424. The Bertz CT molecular complexity index is 800. The number of nitrogens with two attached hydrogens (primary N) is 1. The van der Waals surface area contributed by atoms with Crippen molar-refractivity contribution in [2.45, 2.75) is 12.8 Å². The molecule has 0 atom stereocenters. The maximum atomic E-state index is 12.5. The van der Waals surface area contributed by atoms with Gasteiger partial charge in [-0.3, -0.25) is 14.9 Å². The first-order valence-electron chi connectivity index (χ1n) is 8.20. The molecule has 9 heteroatoms. The molecule has 1 fully saturated rings. The van der Waals surface area contributed by atoms with Crippen LogP contribution in [0, 0.1) is 5.92 Å². The van der Waals surface area contributed by atoms with Gasteiger partial charge in [0.25, 0.3) is 5.91 Å². The second-order valence-electron chi connectivity index (χ2n) is 5.95. The molecule has 0 aliphatic carbocycles. The average molecular weight is 373 g/mol. The third-order valence-electron chi connectivity index (χ3n) is 4.16. The van der Waals surface area contributed by atoms with Gasteiger partial charge >= 0.3 is 6.03 Å². The molecule has 2 aromatic rings. The maximum absolute atomic E-state index is 12.5. The van der Waals surface area contributed by atoms with Gasteiger partial charge in [0.05, 0.1) is 0 Å². The fourth-order valence-corrected chi connectivity index (χ4v) is 3.42. The van der Waals surface area contributed by atoms with Crippen LogP contribution >= 0.6 is 11.3 Å². The van der Waals surface area contributed by atoms with Crippen molar-refractivity contribution < 1.29 is 14.4 Å². The molecule has 3 rings (SSSR count). The lowest BCUT2D eigenvalue weighted by Gasteiger charge is -2.29. The van der Waals surface area contributed by atoms with Crippen molar-refractivity contribution in [1.82, 2.24) is 9.88 Å². The molecule has 1 aliphatic rings. The summed E-state index contributed by atoms with van der Waals surface area (Å²) >= 11 is 1.18. The zero-order valence-corrected chi connectivity index (χ0v) is 14.8. The molecule has 0 unspecified atom stereocenters. The molecule has 0 spiro atoms. The minimum absolute atomic E-state index is 0.173. The van der Waals surface area contributed by atoms with E-state index in [9.17, 15) is 14.4 Å². The van der Waals surface area contributed by atoms with Crippen molar-refractivity contribution in [2.24, 2.45) is 11.7 Å². The van der Waals surface area contributed by atoms with Crippen LogP contribution in [0.3, 0.4) is 0 Å². The van der Waals surface area contributed by atoms with E-state index in [1.54, 1.807) is 22.4 Å². The Labute approximate surface area is 154 Å². The highest BCUT2D eigenvalue weighted by Crippen LogP contribution is 2.21. The lowest BCUT2D eigenvalue weighted by atomic mass is 9.96. The Balaban J connectivity index is 1.55. The SMILES string of the molecule is NC(=O)C1CCN(C(=O)c2csc(NC(=O)Nc3ccccc3)n2)CC1. The number of primary amides is 1. The second-order valence-corrected chi connectivity index (χ2v) is 6.81. The summed E-state index contributed by atoms with van der Waals surface area (Å²) in [7, 11) is 0. The topological polar surface area (TPSA) is 117 Å². The molecular formula is C17H19N5O3S. The molecular weight excluding hydrogens is 354 g/mol. The van der Waals surface area contributed by atoms with E-state index in [0.717, 1.165) is 0 Å². The van der Waals surface area contributed by atoms with Crippen molar-refractivity contribution in [1.29, 1.82) is 0 Å². The number of carbonyl (C=O) groups is 3. The lowest BCUT2D eigenvalue weighted by molar-refractivity contribution is -0.123. The molecule has 1 aliphatic heterocycles. The molecule has 8 nitrogen and oxygen atoms in total. The molecule has 0 radical (unpaired) electrons. The summed E-state index contributed by atoms with van der Waals surface area (Å²) in [5.74, 6) is -0.698. The predicted octanol–water partition coefficient (Wildman–Crippen LogP) is 2.12. The normalized spacial score (nSPS) is 14.7. The number of anilines is 2. The first-order valence-corrected chi connectivity index (χ1v) is 9.08. The number of nitrogens with zero attached hydrogens (tertiary/aromatic N) is 2. The zero-order valence-electron chi connectivity index (χ0n) is 14.0. The highest BCUT2D eigenvalue weighted by Gasteiger charge is 2.27. The number of amides is 4. The number of hydrogen-bond donors (Lipinski definition) is 3. The molecule has 0 bridgehead atoms. The number of carbonyl (C=O) groups excluding carboxylic acids is 3. The molecule has 1 saturated heterocycles. The number of nitrogens with one attached hydrogen (secondary N) is 2. The molecule has 136 valence electrons. The minimum Gasteiger partial charge on any atom is -0.369 e.